The van der Waals surface area contributed by atoms with E-state index >= 15 is 0 Å². The summed E-state index contributed by atoms with van der Waals surface area (Å²) in [6.45, 7) is 3.25. The fourth-order valence-electron chi connectivity index (χ4n) is 1.36. The Hall–Kier alpha value is -0.170. The summed E-state index contributed by atoms with van der Waals surface area (Å²) in [4.78, 5) is 0. The lowest BCUT2D eigenvalue weighted by atomic mass is 10.4. The van der Waals surface area contributed by atoms with Gasteiger partial charge in [-0.3, -0.25) is 0 Å². The number of ether oxygens (including phenoxy) is 2. The number of hydrogen-bond donors (Lipinski definition) is 1. The molecule has 0 aromatic heterocycles. The van der Waals surface area contributed by atoms with Gasteiger partial charge >= 0.3 is 0 Å². The number of hydrogen-bond acceptors (Lipinski definition) is 5. The highest BCUT2D eigenvalue weighted by Crippen LogP contribution is 2.24. The summed E-state index contributed by atoms with van der Waals surface area (Å²) in [5, 5.41) is 8.80. The van der Waals surface area contributed by atoms with E-state index in [2.05, 4.69) is 0 Å². The second-order valence-corrected chi connectivity index (χ2v) is 5.90. The first kappa shape index (κ1) is 11.9. The summed E-state index contributed by atoms with van der Waals surface area (Å²) in [7, 11) is -3.12. The van der Waals surface area contributed by atoms with Gasteiger partial charge < -0.3 is 14.6 Å². The van der Waals surface area contributed by atoms with Gasteiger partial charge in [0.1, 0.15) is 11.9 Å². The average molecular weight is 224 g/mol. The molecule has 0 spiro atoms. The third kappa shape index (κ3) is 2.91. The Labute approximate surface area is 83.9 Å². The van der Waals surface area contributed by atoms with Crippen LogP contribution < -0.4 is 0 Å². The van der Waals surface area contributed by atoms with Crippen molar-refractivity contribution in [3.63, 3.8) is 0 Å². The molecular weight excluding hydrogens is 208 g/mol. The molecule has 1 N–H and O–H groups in total. The molecule has 0 amide bonds. The Morgan fingerprint density at radius 1 is 1.57 bits per heavy atom. The van der Waals surface area contributed by atoms with Crippen LogP contribution in [0.15, 0.2) is 0 Å². The Morgan fingerprint density at radius 3 is 2.64 bits per heavy atom. The number of rotatable bonds is 4. The van der Waals surface area contributed by atoms with Gasteiger partial charge in [0.15, 0.2) is 15.6 Å². The van der Waals surface area contributed by atoms with E-state index in [1.165, 1.54) is 0 Å². The monoisotopic (exact) mass is 224 g/mol. The Morgan fingerprint density at radius 2 is 2.21 bits per heavy atom. The molecule has 0 radical (unpaired) electrons. The van der Waals surface area contributed by atoms with Crippen molar-refractivity contribution >= 4 is 9.84 Å². The summed E-state index contributed by atoms with van der Waals surface area (Å²) >= 11 is 0. The van der Waals surface area contributed by atoms with Gasteiger partial charge in [0.25, 0.3) is 0 Å². The highest BCUT2D eigenvalue weighted by Gasteiger charge is 2.40. The molecule has 0 saturated carbocycles. The molecule has 6 heteroatoms. The number of sulfone groups is 1. The lowest BCUT2D eigenvalue weighted by molar-refractivity contribution is -0.139. The third-order valence-electron chi connectivity index (χ3n) is 2.12. The van der Waals surface area contributed by atoms with Crippen LogP contribution in [0.1, 0.15) is 13.8 Å². The van der Waals surface area contributed by atoms with Crippen molar-refractivity contribution in [3.8, 4) is 0 Å². The van der Waals surface area contributed by atoms with Crippen LogP contribution in [0.5, 0.6) is 0 Å². The predicted molar refractivity (Wildman–Crippen MR) is 50.6 cm³/mol. The lowest BCUT2D eigenvalue weighted by Crippen LogP contribution is -2.36. The molecule has 1 fully saturated rings. The van der Waals surface area contributed by atoms with Crippen LogP contribution in [0.3, 0.4) is 0 Å². The highest BCUT2D eigenvalue weighted by atomic mass is 32.2. The highest BCUT2D eigenvalue weighted by molar-refractivity contribution is 7.91. The van der Waals surface area contributed by atoms with Crippen molar-refractivity contribution in [1.29, 1.82) is 0 Å². The summed E-state index contributed by atoms with van der Waals surface area (Å²) < 4.78 is 33.2. The molecule has 1 aliphatic rings. The summed E-state index contributed by atoms with van der Waals surface area (Å²) in [5.41, 5.74) is 0. The van der Waals surface area contributed by atoms with E-state index in [4.69, 9.17) is 14.6 Å². The van der Waals surface area contributed by atoms with Crippen molar-refractivity contribution in [1.82, 2.24) is 0 Å². The quantitative estimate of drug-likeness (QED) is 0.700. The van der Waals surface area contributed by atoms with E-state index in [1.54, 1.807) is 13.8 Å². The molecule has 0 aliphatic carbocycles. The van der Waals surface area contributed by atoms with Crippen LogP contribution >= 0.6 is 0 Å². The molecule has 1 saturated heterocycles. The molecule has 0 aromatic carbocycles. The second kappa shape index (κ2) is 4.14. The summed E-state index contributed by atoms with van der Waals surface area (Å²) in [6.07, 6.45) is -0.410. The molecule has 1 aliphatic heterocycles. The van der Waals surface area contributed by atoms with Crippen LogP contribution in [0.2, 0.25) is 0 Å². The Bertz CT molecular complexity index is 286. The first-order chi connectivity index (χ1) is 6.41. The molecule has 14 heavy (non-hydrogen) atoms. The molecule has 0 unspecified atom stereocenters. The first-order valence-electron chi connectivity index (χ1n) is 4.54. The SMILES string of the molecule is CCS(=O)(=O)C[C@@]1(C)OC[C@@H](CO)O1. The smallest absolute Gasteiger partial charge is 0.180 e. The van der Waals surface area contributed by atoms with Gasteiger partial charge in [0.05, 0.1) is 13.2 Å². The molecule has 0 aromatic rings. The Kier molecular flexibility index (Phi) is 3.52. The van der Waals surface area contributed by atoms with Crippen molar-refractivity contribution in [3.05, 3.63) is 0 Å². The Balaban J connectivity index is 2.61. The second-order valence-electron chi connectivity index (χ2n) is 3.54. The van der Waals surface area contributed by atoms with E-state index in [0.717, 1.165) is 0 Å². The van der Waals surface area contributed by atoms with Crippen LogP contribution in [0.25, 0.3) is 0 Å². The summed E-state index contributed by atoms with van der Waals surface area (Å²) in [5.74, 6) is -1.19. The van der Waals surface area contributed by atoms with E-state index in [-0.39, 0.29) is 24.7 Å². The van der Waals surface area contributed by atoms with Gasteiger partial charge in [0, 0.05) is 5.75 Å². The maximum Gasteiger partial charge on any atom is 0.180 e. The first-order valence-corrected chi connectivity index (χ1v) is 6.36. The molecule has 1 heterocycles. The fraction of sp³-hybridized carbons (Fsp3) is 1.00. The van der Waals surface area contributed by atoms with Crippen molar-refractivity contribution in [2.45, 2.75) is 25.7 Å². The van der Waals surface area contributed by atoms with Crippen LogP contribution in [0.4, 0.5) is 0 Å². The van der Waals surface area contributed by atoms with Crippen LogP contribution in [-0.4, -0.2) is 50.1 Å². The van der Waals surface area contributed by atoms with Gasteiger partial charge in [0.2, 0.25) is 0 Å². The molecule has 2 atom stereocenters. The maximum atomic E-state index is 11.3. The van der Waals surface area contributed by atoms with E-state index in [9.17, 15) is 8.42 Å². The van der Waals surface area contributed by atoms with E-state index in [0.29, 0.717) is 0 Å². The lowest BCUT2D eigenvalue weighted by Gasteiger charge is -2.22. The maximum absolute atomic E-state index is 11.3. The molecule has 0 bridgehead atoms. The molecule has 1 rings (SSSR count). The van der Waals surface area contributed by atoms with E-state index < -0.39 is 21.7 Å². The zero-order valence-corrected chi connectivity index (χ0v) is 9.21. The molecular formula is C8H16O5S. The minimum atomic E-state index is -3.12. The minimum Gasteiger partial charge on any atom is -0.394 e. The molecule has 5 nitrogen and oxygen atoms in total. The van der Waals surface area contributed by atoms with Gasteiger partial charge in [-0.25, -0.2) is 8.42 Å². The largest absolute Gasteiger partial charge is 0.394 e. The van der Waals surface area contributed by atoms with Gasteiger partial charge in [-0.05, 0) is 6.92 Å². The number of aliphatic hydroxyl groups excluding tert-OH is 1. The van der Waals surface area contributed by atoms with Gasteiger partial charge in [-0.1, -0.05) is 6.92 Å². The van der Waals surface area contributed by atoms with Crippen molar-refractivity contribution in [2.75, 3.05) is 24.7 Å². The normalized spacial score (nSPS) is 33.5. The average Bonchev–Trinajstić information content (AvgIpc) is 2.46. The van der Waals surface area contributed by atoms with Crippen LogP contribution in [0, 0.1) is 0 Å². The van der Waals surface area contributed by atoms with Gasteiger partial charge in [-0.2, -0.15) is 0 Å². The standard InChI is InChI=1S/C8H16O5S/c1-3-14(10,11)6-8(2)12-5-7(4-9)13-8/h7,9H,3-6H2,1-2H3/t7-,8+/m1/s1. The summed E-state index contributed by atoms with van der Waals surface area (Å²) in [6, 6.07) is 0. The van der Waals surface area contributed by atoms with E-state index in [1.807, 2.05) is 0 Å². The zero-order valence-electron chi connectivity index (χ0n) is 8.39. The van der Waals surface area contributed by atoms with Crippen molar-refractivity contribution in [2.24, 2.45) is 0 Å². The topological polar surface area (TPSA) is 72.8 Å². The number of aliphatic hydroxyl groups is 1. The predicted octanol–water partition coefficient (Wildman–Crippen LogP) is -0.455. The van der Waals surface area contributed by atoms with Gasteiger partial charge in [-0.15, -0.1) is 0 Å². The zero-order chi connectivity index (χ0) is 10.8. The molecule has 84 valence electrons. The minimum absolute atomic E-state index is 0.0686. The van der Waals surface area contributed by atoms with Crippen LogP contribution in [-0.2, 0) is 19.3 Å². The van der Waals surface area contributed by atoms with Crippen molar-refractivity contribution < 1.29 is 23.0 Å². The third-order valence-corrected chi connectivity index (χ3v) is 3.96. The fourth-order valence-corrected chi connectivity index (χ4v) is 2.51.